The van der Waals surface area contributed by atoms with Gasteiger partial charge in [-0.3, -0.25) is 0 Å². The Labute approximate surface area is 109 Å². The minimum absolute atomic E-state index is 0.471. The van der Waals surface area contributed by atoms with Gasteiger partial charge >= 0.3 is 6.09 Å². The second-order valence-corrected chi connectivity index (χ2v) is 7.99. The lowest BCUT2D eigenvalue weighted by atomic mass is 9.91. The molecule has 6 heteroatoms. The fraction of sp³-hybridized carbons (Fsp3) is 0.917. The highest BCUT2D eigenvalue weighted by Crippen LogP contribution is 2.27. The van der Waals surface area contributed by atoms with E-state index in [-0.39, 0.29) is 0 Å². The fourth-order valence-electron chi connectivity index (χ4n) is 2.04. The first-order valence-corrected chi connectivity index (χ1v) is 7.89. The van der Waals surface area contributed by atoms with Crippen molar-refractivity contribution >= 4 is 16.1 Å². The van der Waals surface area contributed by atoms with Crippen molar-refractivity contribution < 1.29 is 17.9 Å². The summed E-state index contributed by atoms with van der Waals surface area (Å²) in [5.74, 6) is 0.568. The van der Waals surface area contributed by atoms with E-state index in [1.165, 1.54) is 0 Å². The van der Waals surface area contributed by atoms with Crippen LogP contribution in [0.4, 0.5) is 4.79 Å². The highest BCUT2D eigenvalue weighted by Gasteiger charge is 2.32. The lowest BCUT2D eigenvalue weighted by molar-refractivity contribution is 0.0569. The average Bonchev–Trinajstić information content (AvgIpc) is 2.13. The summed E-state index contributed by atoms with van der Waals surface area (Å²) in [4.78, 5) is 11.5. The zero-order chi connectivity index (χ0) is 14.0. The normalized spacial score (nSPS) is 25.6. The maximum atomic E-state index is 12.0. The van der Waals surface area contributed by atoms with Crippen LogP contribution in [-0.4, -0.2) is 25.4 Å². The topological polar surface area (TPSA) is 72.5 Å². The van der Waals surface area contributed by atoms with Crippen LogP contribution in [0.2, 0.25) is 0 Å². The second-order valence-electron chi connectivity index (χ2n) is 6.03. The van der Waals surface area contributed by atoms with Crippen LogP contribution < -0.4 is 4.72 Å². The molecule has 0 spiro atoms. The van der Waals surface area contributed by atoms with Crippen molar-refractivity contribution in [3.63, 3.8) is 0 Å². The number of sulfonamides is 1. The predicted molar refractivity (Wildman–Crippen MR) is 69.7 cm³/mol. The molecule has 0 aromatic heterocycles. The zero-order valence-corrected chi connectivity index (χ0v) is 12.3. The van der Waals surface area contributed by atoms with Gasteiger partial charge in [-0.2, -0.15) is 0 Å². The smallest absolute Gasteiger partial charge is 0.421 e. The molecule has 1 fully saturated rings. The number of carbonyl (C=O) groups is 1. The molecular formula is C12H23NO4S. The summed E-state index contributed by atoms with van der Waals surface area (Å²) in [7, 11) is -3.60. The molecule has 106 valence electrons. The highest BCUT2D eigenvalue weighted by atomic mass is 32.2. The average molecular weight is 277 g/mol. The number of hydrogen-bond donors (Lipinski definition) is 1. The molecule has 0 saturated heterocycles. The molecule has 1 rings (SSSR count). The van der Waals surface area contributed by atoms with Crippen LogP contribution in [0, 0.1) is 5.92 Å². The van der Waals surface area contributed by atoms with Crippen LogP contribution in [-0.2, 0) is 14.8 Å². The van der Waals surface area contributed by atoms with Crippen molar-refractivity contribution in [2.24, 2.45) is 5.92 Å². The van der Waals surface area contributed by atoms with E-state index >= 15 is 0 Å². The Morgan fingerprint density at radius 3 is 2.11 bits per heavy atom. The quantitative estimate of drug-likeness (QED) is 0.841. The summed E-state index contributed by atoms with van der Waals surface area (Å²) < 4.78 is 30.9. The van der Waals surface area contributed by atoms with Gasteiger partial charge in [-0.15, -0.1) is 0 Å². The van der Waals surface area contributed by atoms with Crippen molar-refractivity contribution in [3.05, 3.63) is 0 Å². The van der Waals surface area contributed by atoms with Crippen molar-refractivity contribution in [1.29, 1.82) is 0 Å². The molecule has 18 heavy (non-hydrogen) atoms. The molecule has 0 bridgehead atoms. The number of nitrogens with one attached hydrogen (secondary N) is 1. The van der Waals surface area contributed by atoms with E-state index in [2.05, 4.69) is 6.92 Å². The number of rotatable bonds is 2. The molecular weight excluding hydrogens is 254 g/mol. The molecule has 0 atom stereocenters. The number of ether oxygens (including phenoxy) is 1. The number of carbonyl (C=O) groups excluding carboxylic acids is 1. The van der Waals surface area contributed by atoms with E-state index in [4.69, 9.17) is 4.74 Å². The summed E-state index contributed by atoms with van der Waals surface area (Å²) in [6, 6.07) is 0. The number of hydrogen-bond acceptors (Lipinski definition) is 4. The Bertz CT molecular complexity index is 389. The van der Waals surface area contributed by atoms with E-state index in [1.54, 1.807) is 20.8 Å². The van der Waals surface area contributed by atoms with Gasteiger partial charge < -0.3 is 4.74 Å². The molecule has 0 radical (unpaired) electrons. The largest absolute Gasteiger partial charge is 0.443 e. The molecule has 0 unspecified atom stereocenters. The van der Waals surface area contributed by atoms with Gasteiger partial charge in [0.2, 0.25) is 10.0 Å². The Balaban J connectivity index is 2.57. The summed E-state index contributed by atoms with van der Waals surface area (Å²) in [6.07, 6.45) is 2.11. The van der Waals surface area contributed by atoms with Crippen molar-refractivity contribution in [2.45, 2.75) is 64.2 Å². The minimum Gasteiger partial charge on any atom is -0.443 e. The predicted octanol–water partition coefficient (Wildman–Crippen LogP) is 2.42. The molecule has 1 N–H and O–H groups in total. The van der Waals surface area contributed by atoms with Crippen molar-refractivity contribution in [3.8, 4) is 0 Å². The lowest BCUT2D eigenvalue weighted by Crippen LogP contribution is -2.42. The van der Waals surface area contributed by atoms with Crippen LogP contribution >= 0.6 is 0 Å². The number of amides is 1. The van der Waals surface area contributed by atoms with Crippen LogP contribution in [0.15, 0.2) is 0 Å². The Kier molecular flexibility index (Phi) is 4.64. The molecule has 1 amide bonds. The van der Waals surface area contributed by atoms with Gasteiger partial charge in [0.25, 0.3) is 0 Å². The first kappa shape index (κ1) is 15.3. The van der Waals surface area contributed by atoms with E-state index in [1.807, 2.05) is 4.72 Å². The van der Waals surface area contributed by atoms with Crippen LogP contribution in [0.3, 0.4) is 0 Å². The zero-order valence-electron chi connectivity index (χ0n) is 11.5. The van der Waals surface area contributed by atoms with Crippen molar-refractivity contribution in [2.75, 3.05) is 0 Å². The highest BCUT2D eigenvalue weighted by molar-refractivity contribution is 7.90. The van der Waals surface area contributed by atoms with Gasteiger partial charge in [0.1, 0.15) is 5.60 Å². The monoisotopic (exact) mass is 277 g/mol. The summed E-state index contributed by atoms with van der Waals surface area (Å²) >= 11 is 0. The maximum absolute atomic E-state index is 12.0. The van der Waals surface area contributed by atoms with E-state index in [0.29, 0.717) is 18.8 Å². The molecule has 5 nitrogen and oxygen atoms in total. The molecule has 1 aliphatic carbocycles. The van der Waals surface area contributed by atoms with Gasteiger partial charge in [-0.25, -0.2) is 17.9 Å². The summed E-state index contributed by atoms with van der Waals surface area (Å²) in [6.45, 7) is 7.20. The molecule has 0 aromatic carbocycles. The molecule has 0 aliphatic heterocycles. The van der Waals surface area contributed by atoms with E-state index in [9.17, 15) is 13.2 Å². The first-order valence-electron chi connectivity index (χ1n) is 6.35. The van der Waals surface area contributed by atoms with Crippen LogP contribution in [0.5, 0.6) is 0 Å². The first-order chi connectivity index (χ1) is 8.10. The molecule has 1 aliphatic rings. The van der Waals surface area contributed by atoms with Gasteiger partial charge in [0.05, 0.1) is 5.25 Å². The second kappa shape index (κ2) is 5.47. The summed E-state index contributed by atoms with van der Waals surface area (Å²) in [5, 5.41) is -0.471. The third kappa shape index (κ3) is 4.84. The molecule has 0 aromatic rings. The fourth-order valence-corrected chi connectivity index (χ4v) is 3.37. The van der Waals surface area contributed by atoms with Crippen LogP contribution in [0.25, 0.3) is 0 Å². The van der Waals surface area contributed by atoms with Gasteiger partial charge in [-0.1, -0.05) is 6.92 Å². The Hall–Kier alpha value is -0.780. The van der Waals surface area contributed by atoms with Gasteiger partial charge in [-0.05, 0) is 52.4 Å². The molecule has 1 saturated carbocycles. The SMILES string of the molecule is CC1CCC(S(=O)(=O)NC(=O)OC(C)(C)C)CC1. The van der Waals surface area contributed by atoms with Crippen molar-refractivity contribution in [1.82, 2.24) is 4.72 Å². The van der Waals surface area contributed by atoms with Gasteiger partial charge in [0, 0.05) is 0 Å². The Morgan fingerprint density at radius 2 is 1.67 bits per heavy atom. The third-order valence-electron chi connectivity index (χ3n) is 3.03. The van der Waals surface area contributed by atoms with Gasteiger partial charge in [0.15, 0.2) is 0 Å². The summed E-state index contributed by atoms with van der Waals surface area (Å²) in [5.41, 5.74) is -0.694. The Morgan fingerprint density at radius 1 is 1.17 bits per heavy atom. The maximum Gasteiger partial charge on any atom is 0.421 e. The minimum atomic E-state index is -3.60. The van der Waals surface area contributed by atoms with Crippen LogP contribution in [0.1, 0.15) is 53.4 Å². The lowest BCUT2D eigenvalue weighted by Gasteiger charge is -2.26. The van der Waals surface area contributed by atoms with E-state index in [0.717, 1.165) is 12.8 Å². The molecule has 0 heterocycles. The third-order valence-corrected chi connectivity index (χ3v) is 4.83. The standard InChI is InChI=1S/C12H23NO4S/c1-9-5-7-10(8-6-9)18(15,16)13-11(14)17-12(2,3)4/h9-10H,5-8H2,1-4H3,(H,13,14). The van der Waals surface area contributed by atoms with E-state index < -0.39 is 27.0 Å².